The molecular formula is C18H23N3O6S2. The van der Waals surface area contributed by atoms with E-state index < -0.39 is 26.0 Å². The molecule has 0 fully saturated rings. The molecule has 1 amide bonds. The number of rotatable bonds is 10. The lowest BCUT2D eigenvalue weighted by Gasteiger charge is -2.09. The van der Waals surface area contributed by atoms with Crippen LogP contribution in [0.2, 0.25) is 0 Å². The lowest BCUT2D eigenvalue weighted by Crippen LogP contribution is -2.24. The number of unbranched alkanes of at least 4 members (excludes halogenated alkanes) is 1. The molecule has 0 aliphatic rings. The van der Waals surface area contributed by atoms with Crippen LogP contribution < -0.4 is 19.9 Å². The largest absolute Gasteiger partial charge is 0.484 e. The molecule has 0 heterocycles. The maximum Gasteiger partial charge on any atom is 0.262 e. The summed E-state index contributed by atoms with van der Waals surface area (Å²) in [5.41, 5.74) is 0.380. The molecule has 0 spiro atoms. The second-order valence-electron chi connectivity index (χ2n) is 6.13. The first-order valence-corrected chi connectivity index (χ1v) is 11.8. The minimum absolute atomic E-state index is 0.0639. The first kappa shape index (κ1) is 22.8. The highest BCUT2D eigenvalue weighted by atomic mass is 32.2. The van der Waals surface area contributed by atoms with Crippen LogP contribution in [0.3, 0.4) is 0 Å². The summed E-state index contributed by atoms with van der Waals surface area (Å²) in [4.78, 5) is 12.0. The Morgan fingerprint density at radius 3 is 2.10 bits per heavy atom. The predicted octanol–water partition coefficient (Wildman–Crippen LogP) is 1.43. The molecule has 0 radical (unpaired) electrons. The fourth-order valence-corrected chi connectivity index (χ4v) is 3.85. The molecule has 9 nitrogen and oxygen atoms in total. The SMILES string of the molecule is CCCCNS(=O)(=O)c1ccc(OCC(=O)Nc2ccc(S(N)(=O)=O)cc2)cc1. The minimum atomic E-state index is -3.80. The number of anilines is 1. The number of benzene rings is 2. The summed E-state index contributed by atoms with van der Waals surface area (Å²) >= 11 is 0. The second kappa shape index (κ2) is 9.83. The number of primary sulfonamides is 1. The van der Waals surface area contributed by atoms with Crippen LogP contribution >= 0.6 is 0 Å². The van der Waals surface area contributed by atoms with Crippen LogP contribution in [-0.4, -0.2) is 35.9 Å². The van der Waals surface area contributed by atoms with Crippen molar-refractivity contribution in [2.24, 2.45) is 5.14 Å². The van der Waals surface area contributed by atoms with Gasteiger partial charge in [-0.2, -0.15) is 0 Å². The third-order valence-electron chi connectivity index (χ3n) is 3.79. The van der Waals surface area contributed by atoms with Crippen LogP contribution in [0.1, 0.15) is 19.8 Å². The number of ether oxygens (including phenoxy) is 1. The van der Waals surface area contributed by atoms with Crippen molar-refractivity contribution in [1.29, 1.82) is 0 Å². The van der Waals surface area contributed by atoms with E-state index in [4.69, 9.17) is 9.88 Å². The third kappa shape index (κ3) is 7.13. The van der Waals surface area contributed by atoms with Gasteiger partial charge in [-0.25, -0.2) is 26.7 Å². The highest BCUT2D eigenvalue weighted by Gasteiger charge is 2.13. The molecule has 0 bridgehead atoms. The number of hydrogen-bond donors (Lipinski definition) is 3. The van der Waals surface area contributed by atoms with E-state index in [2.05, 4.69) is 10.0 Å². The standard InChI is InChI=1S/C18H23N3O6S2/c1-2-3-12-20-29(25,26)17-10-6-15(7-11-17)27-13-18(22)21-14-4-8-16(9-5-14)28(19,23)24/h4-11,20H,2-3,12-13H2,1H3,(H,21,22)(H2,19,23,24). The van der Waals surface area contributed by atoms with Gasteiger partial charge in [0, 0.05) is 12.2 Å². The lowest BCUT2D eigenvalue weighted by molar-refractivity contribution is -0.118. The zero-order chi connectivity index (χ0) is 21.5. The Balaban J connectivity index is 1.89. The smallest absolute Gasteiger partial charge is 0.262 e. The van der Waals surface area contributed by atoms with Gasteiger partial charge in [-0.1, -0.05) is 13.3 Å². The maximum atomic E-state index is 12.1. The minimum Gasteiger partial charge on any atom is -0.484 e. The fraction of sp³-hybridized carbons (Fsp3) is 0.278. The summed E-state index contributed by atoms with van der Waals surface area (Å²) in [6, 6.07) is 11.1. The molecule has 0 aliphatic carbocycles. The van der Waals surface area contributed by atoms with E-state index in [1.54, 1.807) is 0 Å². The molecule has 2 aromatic rings. The summed E-state index contributed by atoms with van der Waals surface area (Å²) in [6.45, 7) is 2.03. The van der Waals surface area contributed by atoms with Crippen molar-refractivity contribution in [1.82, 2.24) is 4.72 Å². The van der Waals surface area contributed by atoms with Crippen LogP contribution in [0.15, 0.2) is 58.3 Å². The first-order valence-electron chi connectivity index (χ1n) is 8.77. The van der Waals surface area contributed by atoms with E-state index in [0.717, 1.165) is 12.8 Å². The molecule has 0 aliphatic heterocycles. The lowest BCUT2D eigenvalue weighted by atomic mass is 10.3. The van der Waals surface area contributed by atoms with Gasteiger partial charge in [0.2, 0.25) is 20.0 Å². The number of nitrogens with one attached hydrogen (secondary N) is 2. The van der Waals surface area contributed by atoms with Gasteiger partial charge in [-0.3, -0.25) is 4.79 Å². The second-order valence-corrected chi connectivity index (χ2v) is 9.46. The maximum absolute atomic E-state index is 12.1. The van der Waals surface area contributed by atoms with Crippen molar-refractivity contribution in [3.8, 4) is 5.75 Å². The van der Waals surface area contributed by atoms with Gasteiger partial charge in [0.05, 0.1) is 9.79 Å². The molecule has 2 aromatic carbocycles. The quantitative estimate of drug-likeness (QED) is 0.476. The van der Waals surface area contributed by atoms with Crippen LogP contribution in [0.25, 0.3) is 0 Å². The number of amides is 1. The predicted molar refractivity (Wildman–Crippen MR) is 108 cm³/mol. The van der Waals surface area contributed by atoms with Crippen LogP contribution in [0.4, 0.5) is 5.69 Å². The molecule has 4 N–H and O–H groups in total. The highest BCUT2D eigenvalue weighted by Crippen LogP contribution is 2.16. The van der Waals surface area contributed by atoms with Crippen molar-refractivity contribution < 1.29 is 26.4 Å². The summed E-state index contributed by atoms with van der Waals surface area (Å²) in [5, 5.41) is 7.56. The number of hydrogen-bond acceptors (Lipinski definition) is 6. The van der Waals surface area contributed by atoms with Crippen molar-refractivity contribution in [3.63, 3.8) is 0 Å². The molecule has 29 heavy (non-hydrogen) atoms. The normalized spacial score (nSPS) is 11.8. The first-order chi connectivity index (χ1) is 13.6. The Bertz CT molecular complexity index is 1030. The van der Waals surface area contributed by atoms with Gasteiger partial charge in [0.25, 0.3) is 5.91 Å². The number of sulfonamides is 2. The average Bonchev–Trinajstić information content (AvgIpc) is 2.66. The van der Waals surface area contributed by atoms with Crippen molar-refractivity contribution >= 4 is 31.6 Å². The Morgan fingerprint density at radius 1 is 0.966 bits per heavy atom. The van der Waals surface area contributed by atoms with Gasteiger partial charge in [0.15, 0.2) is 6.61 Å². The summed E-state index contributed by atoms with van der Waals surface area (Å²) in [6.07, 6.45) is 1.63. The molecule has 0 saturated carbocycles. The Hall–Kier alpha value is -2.47. The topological polar surface area (TPSA) is 145 Å². The Kier molecular flexibility index (Phi) is 7.73. The summed E-state index contributed by atoms with van der Waals surface area (Å²) in [5.74, 6) is -0.136. The van der Waals surface area contributed by atoms with E-state index in [0.29, 0.717) is 18.0 Å². The van der Waals surface area contributed by atoms with Crippen molar-refractivity contribution in [3.05, 3.63) is 48.5 Å². The van der Waals surface area contributed by atoms with E-state index in [1.165, 1.54) is 48.5 Å². The van der Waals surface area contributed by atoms with Gasteiger partial charge >= 0.3 is 0 Å². The Labute approximate surface area is 170 Å². The van der Waals surface area contributed by atoms with Crippen LogP contribution in [0, 0.1) is 0 Å². The van der Waals surface area contributed by atoms with Gasteiger partial charge < -0.3 is 10.1 Å². The monoisotopic (exact) mass is 441 g/mol. The summed E-state index contributed by atoms with van der Waals surface area (Å²) in [7, 11) is -7.37. The van der Waals surface area contributed by atoms with E-state index in [9.17, 15) is 21.6 Å². The zero-order valence-electron chi connectivity index (χ0n) is 15.8. The molecular weight excluding hydrogens is 418 g/mol. The number of nitrogens with two attached hydrogens (primary N) is 1. The van der Waals surface area contributed by atoms with Crippen molar-refractivity contribution in [2.45, 2.75) is 29.6 Å². The molecule has 11 heteroatoms. The van der Waals surface area contributed by atoms with E-state index in [1.807, 2.05) is 6.92 Å². The molecule has 0 atom stereocenters. The van der Waals surface area contributed by atoms with E-state index in [-0.39, 0.29) is 16.4 Å². The molecule has 2 rings (SSSR count). The number of carbonyl (C=O) groups excluding carboxylic acids is 1. The zero-order valence-corrected chi connectivity index (χ0v) is 17.4. The molecule has 158 valence electrons. The average molecular weight is 442 g/mol. The van der Waals surface area contributed by atoms with Gasteiger partial charge in [0.1, 0.15) is 5.75 Å². The molecule has 0 saturated heterocycles. The highest BCUT2D eigenvalue weighted by molar-refractivity contribution is 7.89. The number of carbonyl (C=O) groups is 1. The van der Waals surface area contributed by atoms with Gasteiger partial charge in [-0.05, 0) is 55.0 Å². The summed E-state index contributed by atoms with van der Waals surface area (Å²) < 4.78 is 54.5. The van der Waals surface area contributed by atoms with Crippen LogP contribution in [-0.2, 0) is 24.8 Å². The third-order valence-corrected chi connectivity index (χ3v) is 6.20. The Morgan fingerprint density at radius 2 is 1.55 bits per heavy atom. The molecule has 0 unspecified atom stereocenters. The molecule has 0 aromatic heterocycles. The fourth-order valence-electron chi connectivity index (χ4n) is 2.26. The van der Waals surface area contributed by atoms with Crippen molar-refractivity contribution in [2.75, 3.05) is 18.5 Å². The van der Waals surface area contributed by atoms with E-state index >= 15 is 0 Å². The van der Waals surface area contributed by atoms with Crippen LogP contribution in [0.5, 0.6) is 5.75 Å². The van der Waals surface area contributed by atoms with Gasteiger partial charge in [-0.15, -0.1) is 0 Å².